The van der Waals surface area contributed by atoms with Crippen LogP contribution in [0.25, 0.3) is 0 Å². The number of rotatable bonds is 7. The monoisotopic (exact) mass is 408 g/mol. The molecule has 0 saturated heterocycles. The molecule has 3 aromatic rings. The Morgan fingerprint density at radius 1 is 1.03 bits per heavy atom. The van der Waals surface area contributed by atoms with Gasteiger partial charge in [-0.15, -0.1) is 0 Å². The van der Waals surface area contributed by atoms with E-state index in [0.717, 1.165) is 11.1 Å². The molecular weight excluding hydrogens is 388 g/mol. The summed E-state index contributed by atoms with van der Waals surface area (Å²) in [5.41, 5.74) is 8.16. The number of amides is 2. The zero-order chi connectivity index (χ0) is 20.8. The maximum Gasteiger partial charge on any atom is 0.265 e. The predicted molar refractivity (Wildman–Crippen MR) is 114 cm³/mol. The normalized spacial score (nSPS) is 11.5. The lowest BCUT2D eigenvalue weighted by Crippen LogP contribution is -2.30. The molecule has 6 heteroatoms. The van der Waals surface area contributed by atoms with Crippen LogP contribution in [0.15, 0.2) is 72.8 Å². The molecule has 3 N–H and O–H groups in total. The van der Waals surface area contributed by atoms with Crippen LogP contribution in [0.5, 0.6) is 5.75 Å². The molecule has 0 saturated carbocycles. The Morgan fingerprint density at radius 3 is 2.38 bits per heavy atom. The number of primary amides is 1. The van der Waals surface area contributed by atoms with Crippen molar-refractivity contribution < 1.29 is 14.3 Å². The van der Waals surface area contributed by atoms with Crippen LogP contribution in [-0.2, 0) is 11.2 Å². The lowest BCUT2D eigenvalue weighted by Gasteiger charge is -2.18. The second-order valence-electron chi connectivity index (χ2n) is 6.61. The van der Waals surface area contributed by atoms with Gasteiger partial charge in [-0.05, 0) is 55.0 Å². The van der Waals surface area contributed by atoms with E-state index < -0.39 is 12.0 Å². The van der Waals surface area contributed by atoms with Crippen LogP contribution < -0.4 is 15.8 Å². The minimum absolute atomic E-state index is 0.308. The fraction of sp³-hybridized carbons (Fsp3) is 0.130. The van der Waals surface area contributed by atoms with Crippen LogP contribution in [0.2, 0.25) is 5.02 Å². The Hall–Kier alpha value is -3.31. The van der Waals surface area contributed by atoms with E-state index in [4.69, 9.17) is 22.1 Å². The lowest BCUT2D eigenvalue weighted by atomic mass is 10.0. The SMILES string of the molecule is C[C@H](Oc1ccc(Cl)cc1Cc1ccccc1)C(=O)Nc1ccc(C(N)=O)cc1. The van der Waals surface area contributed by atoms with Crippen LogP contribution >= 0.6 is 11.6 Å². The van der Waals surface area contributed by atoms with Gasteiger partial charge in [0.1, 0.15) is 5.75 Å². The summed E-state index contributed by atoms with van der Waals surface area (Å²) in [4.78, 5) is 23.7. The number of nitrogens with one attached hydrogen (secondary N) is 1. The summed E-state index contributed by atoms with van der Waals surface area (Å²) in [5.74, 6) is -0.226. The number of hydrogen-bond acceptors (Lipinski definition) is 3. The second-order valence-corrected chi connectivity index (χ2v) is 7.04. The smallest absolute Gasteiger partial charge is 0.265 e. The lowest BCUT2D eigenvalue weighted by molar-refractivity contribution is -0.122. The molecule has 2 amide bonds. The number of nitrogens with two attached hydrogens (primary N) is 1. The van der Waals surface area contributed by atoms with Crippen molar-refractivity contribution in [2.24, 2.45) is 5.73 Å². The van der Waals surface area contributed by atoms with Crippen molar-refractivity contribution in [2.45, 2.75) is 19.4 Å². The summed E-state index contributed by atoms with van der Waals surface area (Å²) in [6.07, 6.45) is -0.0962. The summed E-state index contributed by atoms with van der Waals surface area (Å²) >= 11 is 6.16. The van der Waals surface area contributed by atoms with Crippen molar-refractivity contribution in [3.63, 3.8) is 0 Å². The summed E-state index contributed by atoms with van der Waals surface area (Å²) in [6, 6.07) is 21.7. The minimum Gasteiger partial charge on any atom is -0.481 e. The second kappa shape index (κ2) is 9.26. The number of hydrogen-bond donors (Lipinski definition) is 2. The van der Waals surface area contributed by atoms with Crippen LogP contribution in [0.4, 0.5) is 5.69 Å². The van der Waals surface area contributed by atoms with Gasteiger partial charge in [0.15, 0.2) is 6.10 Å². The van der Waals surface area contributed by atoms with E-state index in [1.165, 1.54) is 0 Å². The van der Waals surface area contributed by atoms with Crippen molar-refractivity contribution in [1.82, 2.24) is 0 Å². The predicted octanol–water partition coefficient (Wildman–Crippen LogP) is 4.44. The Kier molecular flexibility index (Phi) is 6.52. The maximum atomic E-state index is 12.5. The fourth-order valence-electron chi connectivity index (χ4n) is 2.82. The topological polar surface area (TPSA) is 81.4 Å². The van der Waals surface area contributed by atoms with Gasteiger partial charge in [-0.2, -0.15) is 0 Å². The first kappa shape index (κ1) is 20.4. The molecule has 0 aliphatic carbocycles. The van der Waals surface area contributed by atoms with E-state index in [9.17, 15) is 9.59 Å². The van der Waals surface area contributed by atoms with E-state index in [-0.39, 0.29) is 5.91 Å². The summed E-state index contributed by atoms with van der Waals surface area (Å²) in [5, 5.41) is 3.37. The summed E-state index contributed by atoms with van der Waals surface area (Å²) in [7, 11) is 0. The van der Waals surface area contributed by atoms with Crippen LogP contribution in [0.3, 0.4) is 0 Å². The molecule has 1 atom stereocenters. The van der Waals surface area contributed by atoms with Crippen molar-refractivity contribution in [1.29, 1.82) is 0 Å². The van der Waals surface area contributed by atoms with Gasteiger partial charge in [-0.1, -0.05) is 41.9 Å². The molecule has 0 radical (unpaired) electrons. The molecule has 0 fully saturated rings. The highest BCUT2D eigenvalue weighted by molar-refractivity contribution is 6.30. The van der Waals surface area contributed by atoms with Crippen molar-refractivity contribution in [2.75, 3.05) is 5.32 Å². The zero-order valence-electron chi connectivity index (χ0n) is 15.9. The van der Waals surface area contributed by atoms with Gasteiger partial charge in [-0.3, -0.25) is 9.59 Å². The molecule has 0 spiro atoms. The van der Waals surface area contributed by atoms with Crippen LogP contribution in [0, 0.1) is 0 Å². The highest BCUT2D eigenvalue weighted by Crippen LogP contribution is 2.26. The Morgan fingerprint density at radius 2 is 1.72 bits per heavy atom. The average molecular weight is 409 g/mol. The molecule has 5 nitrogen and oxygen atoms in total. The minimum atomic E-state index is -0.735. The number of carbonyl (C=O) groups is 2. The molecule has 0 aromatic heterocycles. The molecule has 0 bridgehead atoms. The van der Waals surface area contributed by atoms with Gasteiger partial charge >= 0.3 is 0 Å². The third kappa shape index (κ3) is 5.59. The first-order chi connectivity index (χ1) is 13.9. The number of carbonyl (C=O) groups excluding carboxylic acids is 2. The maximum absolute atomic E-state index is 12.5. The molecular formula is C23H21ClN2O3. The highest BCUT2D eigenvalue weighted by Gasteiger charge is 2.17. The molecule has 3 rings (SSSR count). The molecule has 3 aromatic carbocycles. The largest absolute Gasteiger partial charge is 0.481 e. The Bertz CT molecular complexity index is 1000. The standard InChI is InChI=1S/C23H21ClN2O3/c1-15(23(28)26-20-10-7-17(8-11-20)22(25)27)29-21-12-9-19(24)14-18(21)13-16-5-3-2-4-6-16/h2-12,14-15H,13H2,1H3,(H2,25,27)(H,26,28)/t15-/m0/s1. The molecule has 0 aliphatic rings. The van der Waals surface area contributed by atoms with Gasteiger partial charge < -0.3 is 15.8 Å². The third-order valence-corrected chi connectivity index (χ3v) is 4.60. The molecule has 0 unspecified atom stereocenters. The highest BCUT2D eigenvalue weighted by atomic mass is 35.5. The first-order valence-corrected chi connectivity index (χ1v) is 9.50. The molecule has 0 heterocycles. The van der Waals surface area contributed by atoms with E-state index >= 15 is 0 Å². The van der Waals surface area contributed by atoms with E-state index in [1.807, 2.05) is 36.4 Å². The molecule has 148 valence electrons. The summed E-state index contributed by atoms with van der Waals surface area (Å²) < 4.78 is 5.92. The summed E-state index contributed by atoms with van der Waals surface area (Å²) in [6.45, 7) is 1.67. The van der Waals surface area contributed by atoms with Crippen molar-refractivity contribution >= 4 is 29.1 Å². The Balaban J connectivity index is 1.70. The van der Waals surface area contributed by atoms with E-state index in [0.29, 0.717) is 28.4 Å². The van der Waals surface area contributed by atoms with Crippen LogP contribution in [-0.4, -0.2) is 17.9 Å². The van der Waals surface area contributed by atoms with Crippen LogP contribution in [0.1, 0.15) is 28.4 Å². The Labute approximate surface area is 174 Å². The first-order valence-electron chi connectivity index (χ1n) is 9.12. The van der Waals surface area contributed by atoms with Gasteiger partial charge in [-0.25, -0.2) is 0 Å². The number of benzene rings is 3. The number of ether oxygens (including phenoxy) is 1. The molecule has 29 heavy (non-hydrogen) atoms. The zero-order valence-corrected chi connectivity index (χ0v) is 16.6. The van der Waals surface area contributed by atoms with Gasteiger partial charge in [0.2, 0.25) is 5.91 Å². The van der Waals surface area contributed by atoms with E-state index in [1.54, 1.807) is 43.3 Å². The molecule has 0 aliphatic heterocycles. The van der Waals surface area contributed by atoms with Gasteiger partial charge in [0.05, 0.1) is 0 Å². The van der Waals surface area contributed by atoms with Crippen molar-refractivity contribution in [3.8, 4) is 5.75 Å². The number of anilines is 1. The van der Waals surface area contributed by atoms with E-state index in [2.05, 4.69) is 5.32 Å². The fourth-order valence-corrected chi connectivity index (χ4v) is 3.02. The van der Waals surface area contributed by atoms with Gasteiger partial charge in [0, 0.05) is 28.3 Å². The third-order valence-electron chi connectivity index (χ3n) is 4.37. The van der Waals surface area contributed by atoms with Gasteiger partial charge in [0.25, 0.3) is 5.91 Å². The number of halogens is 1. The quantitative estimate of drug-likeness (QED) is 0.606. The average Bonchev–Trinajstić information content (AvgIpc) is 2.71. The van der Waals surface area contributed by atoms with Crippen molar-refractivity contribution in [3.05, 3.63) is 94.5 Å².